The van der Waals surface area contributed by atoms with Crippen LogP contribution in [0.2, 0.25) is 0 Å². The normalized spacial score (nSPS) is 30.2. The maximum Gasteiger partial charge on any atom is 0.133 e. The van der Waals surface area contributed by atoms with Crippen LogP contribution >= 0.6 is 0 Å². The topological polar surface area (TPSA) is 6.48 Å². The van der Waals surface area contributed by atoms with Gasteiger partial charge < -0.3 is 9.80 Å². The van der Waals surface area contributed by atoms with Crippen LogP contribution in [0.25, 0.3) is 11.1 Å². The molecule has 2 aromatic carbocycles. The van der Waals surface area contributed by atoms with Gasteiger partial charge in [0.2, 0.25) is 0 Å². The lowest BCUT2D eigenvalue weighted by Gasteiger charge is -2.60. The fraction of sp³-hybridized carbons (Fsp3) is 0.333. The summed E-state index contributed by atoms with van der Waals surface area (Å²) in [5.74, 6) is 0. The summed E-state index contributed by atoms with van der Waals surface area (Å²) in [6.07, 6.45) is 9.13. The predicted octanol–water partition coefficient (Wildman–Crippen LogP) is 5.98. The standard InChI is InChI=1S/C24H26N2/c1-5-23(4)19-13-10-12-18-17-11-8-9-14-20(17)25-15-16-26(22(25)21(18)19)24(23,6-2)7-3/h6,8-16,22H,2,5,7H2,1,3-4H3. The first-order chi connectivity index (χ1) is 12.6. The minimum absolute atomic E-state index is 0.0258. The Kier molecular flexibility index (Phi) is 3.05. The predicted molar refractivity (Wildman–Crippen MR) is 109 cm³/mol. The van der Waals surface area contributed by atoms with Crippen molar-refractivity contribution in [2.75, 3.05) is 4.90 Å². The Labute approximate surface area is 156 Å². The molecule has 132 valence electrons. The molecule has 3 aliphatic rings. The smallest absolute Gasteiger partial charge is 0.133 e. The Balaban J connectivity index is 1.92. The molecule has 3 heterocycles. The fourth-order valence-corrected chi connectivity index (χ4v) is 5.83. The van der Waals surface area contributed by atoms with Gasteiger partial charge in [0.15, 0.2) is 0 Å². The van der Waals surface area contributed by atoms with Crippen LogP contribution in [-0.2, 0) is 5.41 Å². The molecule has 0 N–H and O–H groups in total. The highest BCUT2D eigenvalue weighted by atomic mass is 15.4. The van der Waals surface area contributed by atoms with E-state index < -0.39 is 0 Å². The van der Waals surface area contributed by atoms with Crippen molar-refractivity contribution in [1.82, 2.24) is 4.90 Å². The van der Waals surface area contributed by atoms with Crippen molar-refractivity contribution < 1.29 is 0 Å². The van der Waals surface area contributed by atoms with Gasteiger partial charge in [0, 0.05) is 28.9 Å². The molecular weight excluding hydrogens is 316 g/mol. The molecule has 0 amide bonds. The molecule has 2 aromatic rings. The number of anilines is 1. The molecule has 26 heavy (non-hydrogen) atoms. The van der Waals surface area contributed by atoms with Crippen LogP contribution in [-0.4, -0.2) is 10.4 Å². The van der Waals surface area contributed by atoms with E-state index in [1.807, 2.05) is 0 Å². The number of fused-ring (bicyclic) bond motifs is 3. The van der Waals surface area contributed by atoms with Crippen molar-refractivity contribution in [3.8, 4) is 11.1 Å². The van der Waals surface area contributed by atoms with Gasteiger partial charge in [0.05, 0.1) is 11.2 Å². The van der Waals surface area contributed by atoms with Gasteiger partial charge in [-0.15, -0.1) is 6.58 Å². The van der Waals surface area contributed by atoms with Crippen LogP contribution < -0.4 is 4.90 Å². The summed E-state index contributed by atoms with van der Waals surface area (Å²) in [6, 6.07) is 15.7. The fourth-order valence-electron chi connectivity index (χ4n) is 5.83. The molecule has 0 aromatic heterocycles. The first kappa shape index (κ1) is 15.7. The van der Waals surface area contributed by atoms with Gasteiger partial charge in [-0.2, -0.15) is 0 Å². The zero-order chi connectivity index (χ0) is 18.1. The minimum atomic E-state index is -0.0877. The summed E-state index contributed by atoms with van der Waals surface area (Å²) in [5.41, 5.74) is 6.94. The van der Waals surface area contributed by atoms with E-state index in [1.165, 1.54) is 27.9 Å². The molecule has 0 fully saturated rings. The molecule has 0 radical (unpaired) electrons. The van der Waals surface area contributed by atoms with Crippen molar-refractivity contribution in [2.24, 2.45) is 0 Å². The number of benzene rings is 2. The van der Waals surface area contributed by atoms with Crippen molar-refractivity contribution in [3.63, 3.8) is 0 Å². The van der Waals surface area contributed by atoms with Crippen molar-refractivity contribution in [3.05, 3.63) is 78.6 Å². The number of nitrogens with zero attached hydrogens (tertiary/aromatic N) is 2. The zero-order valence-electron chi connectivity index (χ0n) is 15.9. The van der Waals surface area contributed by atoms with E-state index in [2.05, 4.69) is 98.1 Å². The first-order valence-corrected chi connectivity index (χ1v) is 9.74. The summed E-state index contributed by atoms with van der Waals surface area (Å²) in [5, 5.41) is 0. The van der Waals surface area contributed by atoms with Crippen LogP contribution in [0.3, 0.4) is 0 Å². The molecular formula is C24H26N2. The third kappa shape index (κ3) is 1.51. The summed E-state index contributed by atoms with van der Waals surface area (Å²) in [6.45, 7) is 11.4. The van der Waals surface area contributed by atoms with Crippen LogP contribution in [0.1, 0.15) is 50.9 Å². The van der Waals surface area contributed by atoms with E-state index in [0.29, 0.717) is 0 Å². The SMILES string of the molecule is C=CC1(CC)N2C=CN3c4ccccc4-c4cccc(c4C32)C1(C)CC. The molecule has 0 aliphatic carbocycles. The van der Waals surface area contributed by atoms with Crippen LogP contribution in [0.4, 0.5) is 5.69 Å². The summed E-state index contributed by atoms with van der Waals surface area (Å²) in [7, 11) is 0. The van der Waals surface area contributed by atoms with E-state index in [0.717, 1.165) is 12.8 Å². The first-order valence-electron chi connectivity index (χ1n) is 9.74. The second-order valence-electron chi connectivity index (χ2n) is 7.94. The Morgan fingerprint density at radius 1 is 1.00 bits per heavy atom. The molecule has 0 bridgehead atoms. The largest absolute Gasteiger partial charge is 0.342 e. The monoisotopic (exact) mass is 342 g/mol. The molecule has 3 unspecified atom stereocenters. The maximum atomic E-state index is 4.32. The second-order valence-corrected chi connectivity index (χ2v) is 7.94. The van der Waals surface area contributed by atoms with Crippen molar-refractivity contribution in [2.45, 2.75) is 50.7 Å². The Morgan fingerprint density at radius 2 is 1.77 bits per heavy atom. The average molecular weight is 342 g/mol. The quantitative estimate of drug-likeness (QED) is 0.634. The highest BCUT2D eigenvalue weighted by Gasteiger charge is 2.58. The molecule has 2 nitrogen and oxygen atoms in total. The lowest BCUT2D eigenvalue weighted by molar-refractivity contribution is 0.0470. The molecule has 3 atom stereocenters. The minimum Gasteiger partial charge on any atom is -0.342 e. The number of hydrogen-bond acceptors (Lipinski definition) is 2. The molecule has 0 saturated heterocycles. The van der Waals surface area contributed by atoms with Gasteiger partial charge in [-0.25, -0.2) is 0 Å². The van der Waals surface area contributed by atoms with Gasteiger partial charge in [-0.1, -0.05) is 63.2 Å². The summed E-state index contributed by atoms with van der Waals surface area (Å²) >= 11 is 0. The Hall–Kier alpha value is -2.48. The Bertz CT molecular complexity index is 943. The van der Waals surface area contributed by atoms with E-state index in [-0.39, 0.29) is 17.1 Å². The Morgan fingerprint density at radius 3 is 2.50 bits per heavy atom. The van der Waals surface area contributed by atoms with Gasteiger partial charge in [-0.3, -0.25) is 0 Å². The van der Waals surface area contributed by atoms with Crippen LogP contribution in [0, 0.1) is 0 Å². The van der Waals surface area contributed by atoms with E-state index in [1.54, 1.807) is 0 Å². The van der Waals surface area contributed by atoms with Crippen LogP contribution in [0.5, 0.6) is 0 Å². The molecule has 5 rings (SSSR count). The van der Waals surface area contributed by atoms with Crippen molar-refractivity contribution >= 4 is 5.69 Å². The van der Waals surface area contributed by atoms with Crippen LogP contribution in [0.15, 0.2) is 67.5 Å². The van der Waals surface area contributed by atoms with E-state index in [4.69, 9.17) is 0 Å². The number of para-hydroxylation sites is 1. The molecule has 2 heteroatoms. The summed E-state index contributed by atoms with van der Waals surface area (Å²) in [4.78, 5) is 5.02. The van der Waals surface area contributed by atoms with E-state index in [9.17, 15) is 0 Å². The highest BCUT2D eigenvalue weighted by Crippen LogP contribution is 2.61. The lowest BCUT2D eigenvalue weighted by Crippen LogP contribution is -2.63. The van der Waals surface area contributed by atoms with E-state index >= 15 is 0 Å². The van der Waals surface area contributed by atoms with Gasteiger partial charge in [0.1, 0.15) is 6.17 Å². The molecule has 0 saturated carbocycles. The maximum absolute atomic E-state index is 4.32. The highest BCUT2D eigenvalue weighted by molar-refractivity contribution is 5.87. The van der Waals surface area contributed by atoms with Gasteiger partial charge in [-0.05, 0) is 30.0 Å². The molecule has 0 spiro atoms. The van der Waals surface area contributed by atoms with Gasteiger partial charge in [0.25, 0.3) is 0 Å². The molecule has 3 aliphatic heterocycles. The second kappa shape index (κ2) is 5.03. The third-order valence-electron chi connectivity index (χ3n) is 7.35. The number of rotatable bonds is 3. The van der Waals surface area contributed by atoms with Crippen molar-refractivity contribution in [1.29, 1.82) is 0 Å². The third-order valence-corrected chi connectivity index (χ3v) is 7.35. The summed E-state index contributed by atoms with van der Waals surface area (Å²) < 4.78 is 0. The lowest BCUT2D eigenvalue weighted by atomic mass is 9.58. The average Bonchev–Trinajstić information content (AvgIpc) is 3.14. The number of hydrogen-bond donors (Lipinski definition) is 0. The zero-order valence-corrected chi connectivity index (χ0v) is 15.9. The van der Waals surface area contributed by atoms with Gasteiger partial charge >= 0.3 is 0 Å².